The fourth-order valence-electron chi connectivity index (χ4n) is 4.30. The molecular formula is C26H36O. The molecule has 1 saturated carbocycles. The van der Waals surface area contributed by atoms with E-state index in [2.05, 4.69) is 62.4 Å². The van der Waals surface area contributed by atoms with Crippen molar-refractivity contribution in [1.82, 2.24) is 0 Å². The minimum atomic E-state index is 0.770. The van der Waals surface area contributed by atoms with Crippen LogP contribution in [0.1, 0.15) is 83.1 Å². The Morgan fingerprint density at radius 2 is 1.33 bits per heavy atom. The Kier molecular flexibility index (Phi) is 7.80. The van der Waals surface area contributed by atoms with Gasteiger partial charge in [0, 0.05) is 0 Å². The lowest BCUT2D eigenvalue weighted by molar-refractivity contribution is 0.304. The zero-order chi connectivity index (χ0) is 18.9. The van der Waals surface area contributed by atoms with E-state index in [0.29, 0.717) is 0 Å². The third kappa shape index (κ3) is 5.86. The molecular weight excluding hydrogens is 328 g/mol. The Balaban J connectivity index is 1.54. The van der Waals surface area contributed by atoms with Gasteiger partial charge in [0.1, 0.15) is 5.75 Å². The average molecular weight is 365 g/mol. The smallest absolute Gasteiger partial charge is 0.119 e. The summed E-state index contributed by atoms with van der Waals surface area (Å²) in [7, 11) is 0. The highest BCUT2D eigenvalue weighted by Gasteiger charge is 2.21. The Morgan fingerprint density at radius 1 is 0.741 bits per heavy atom. The van der Waals surface area contributed by atoms with Crippen molar-refractivity contribution < 1.29 is 4.74 Å². The SMILES string of the molecule is CCCCOc1ccc(-c2ccc(C3CCC(CCCC)CC3)cc2)cc1. The number of hydrogen-bond donors (Lipinski definition) is 0. The van der Waals surface area contributed by atoms with Crippen molar-refractivity contribution in [3.63, 3.8) is 0 Å². The number of ether oxygens (including phenoxy) is 1. The summed E-state index contributed by atoms with van der Waals surface area (Å²) in [6.45, 7) is 5.31. The first kappa shape index (κ1) is 20.0. The van der Waals surface area contributed by atoms with Crippen LogP contribution in [0.25, 0.3) is 11.1 Å². The van der Waals surface area contributed by atoms with Gasteiger partial charge in [-0.25, -0.2) is 0 Å². The number of unbranched alkanes of at least 4 members (excludes halogenated alkanes) is 2. The van der Waals surface area contributed by atoms with E-state index in [1.165, 1.54) is 68.1 Å². The minimum absolute atomic E-state index is 0.770. The molecule has 27 heavy (non-hydrogen) atoms. The fourth-order valence-corrected chi connectivity index (χ4v) is 4.30. The van der Waals surface area contributed by atoms with Gasteiger partial charge in [0.15, 0.2) is 0 Å². The van der Waals surface area contributed by atoms with Gasteiger partial charge >= 0.3 is 0 Å². The fraction of sp³-hybridized carbons (Fsp3) is 0.538. The molecule has 1 fully saturated rings. The zero-order valence-corrected chi connectivity index (χ0v) is 17.3. The molecule has 1 aliphatic rings. The van der Waals surface area contributed by atoms with Crippen LogP contribution in [-0.2, 0) is 0 Å². The van der Waals surface area contributed by atoms with Crippen LogP contribution in [0.3, 0.4) is 0 Å². The van der Waals surface area contributed by atoms with Crippen LogP contribution in [0.15, 0.2) is 48.5 Å². The van der Waals surface area contributed by atoms with Gasteiger partial charge in [-0.15, -0.1) is 0 Å². The highest BCUT2D eigenvalue weighted by atomic mass is 16.5. The average Bonchev–Trinajstić information content (AvgIpc) is 2.73. The normalized spacial score (nSPS) is 19.8. The van der Waals surface area contributed by atoms with Crippen LogP contribution in [0.5, 0.6) is 5.75 Å². The van der Waals surface area contributed by atoms with Gasteiger partial charge in [0.2, 0.25) is 0 Å². The van der Waals surface area contributed by atoms with Crippen LogP contribution in [0.4, 0.5) is 0 Å². The molecule has 146 valence electrons. The quantitative estimate of drug-likeness (QED) is 0.410. The molecule has 0 radical (unpaired) electrons. The van der Waals surface area contributed by atoms with E-state index < -0.39 is 0 Å². The van der Waals surface area contributed by atoms with Gasteiger partial charge in [-0.1, -0.05) is 75.9 Å². The van der Waals surface area contributed by atoms with E-state index in [4.69, 9.17) is 4.74 Å². The third-order valence-corrected chi connectivity index (χ3v) is 6.15. The van der Waals surface area contributed by atoms with E-state index in [1.807, 2.05) is 0 Å². The summed E-state index contributed by atoms with van der Waals surface area (Å²) in [5, 5.41) is 0. The molecule has 0 heterocycles. The maximum absolute atomic E-state index is 5.77. The molecule has 1 nitrogen and oxygen atoms in total. The number of benzene rings is 2. The molecule has 2 aromatic rings. The molecule has 0 atom stereocenters. The van der Waals surface area contributed by atoms with Crippen LogP contribution in [0, 0.1) is 5.92 Å². The molecule has 1 heteroatoms. The van der Waals surface area contributed by atoms with Gasteiger partial charge in [-0.05, 0) is 72.8 Å². The van der Waals surface area contributed by atoms with E-state index in [-0.39, 0.29) is 0 Å². The highest BCUT2D eigenvalue weighted by Crippen LogP contribution is 2.38. The zero-order valence-electron chi connectivity index (χ0n) is 17.3. The van der Waals surface area contributed by atoms with Crippen molar-refractivity contribution in [2.75, 3.05) is 6.61 Å². The summed E-state index contributed by atoms with van der Waals surface area (Å²) in [6, 6.07) is 17.9. The second kappa shape index (κ2) is 10.5. The summed E-state index contributed by atoms with van der Waals surface area (Å²) in [5.74, 6) is 2.73. The topological polar surface area (TPSA) is 9.23 Å². The largest absolute Gasteiger partial charge is 0.494 e. The summed E-state index contributed by atoms with van der Waals surface area (Å²) < 4.78 is 5.77. The lowest BCUT2D eigenvalue weighted by Crippen LogP contribution is -2.13. The van der Waals surface area contributed by atoms with E-state index in [9.17, 15) is 0 Å². The minimum Gasteiger partial charge on any atom is -0.494 e. The summed E-state index contributed by atoms with van der Waals surface area (Å²) >= 11 is 0. The van der Waals surface area contributed by atoms with Crippen molar-refractivity contribution in [2.45, 2.75) is 77.6 Å². The molecule has 0 aliphatic heterocycles. The molecule has 0 saturated heterocycles. The van der Waals surface area contributed by atoms with E-state index in [1.54, 1.807) is 0 Å². The predicted octanol–water partition coefficient (Wildman–Crippen LogP) is 8.00. The first-order valence-electron chi connectivity index (χ1n) is 11.1. The first-order chi connectivity index (χ1) is 13.3. The molecule has 0 bridgehead atoms. The molecule has 0 aromatic heterocycles. The van der Waals surface area contributed by atoms with E-state index >= 15 is 0 Å². The van der Waals surface area contributed by atoms with Crippen LogP contribution >= 0.6 is 0 Å². The van der Waals surface area contributed by atoms with Gasteiger partial charge < -0.3 is 4.74 Å². The van der Waals surface area contributed by atoms with Crippen molar-refractivity contribution in [1.29, 1.82) is 0 Å². The van der Waals surface area contributed by atoms with Crippen LogP contribution in [0.2, 0.25) is 0 Å². The van der Waals surface area contributed by atoms with Gasteiger partial charge in [0.05, 0.1) is 6.61 Å². The van der Waals surface area contributed by atoms with Crippen molar-refractivity contribution in [3.8, 4) is 16.9 Å². The van der Waals surface area contributed by atoms with Crippen molar-refractivity contribution >= 4 is 0 Å². The maximum Gasteiger partial charge on any atom is 0.119 e. The second-order valence-electron chi connectivity index (χ2n) is 8.21. The molecule has 0 amide bonds. The number of rotatable bonds is 9. The summed E-state index contributed by atoms with van der Waals surface area (Å²) in [4.78, 5) is 0. The van der Waals surface area contributed by atoms with Gasteiger partial charge in [-0.3, -0.25) is 0 Å². The second-order valence-corrected chi connectivity index (χ2v) is 8.21. The van der Waals surface area contributed by atoms with Crippen LogP contribution < -0.4 is 4.74 Å². The molecule has 0 spiro atoms. The highest BCUT2D eigenvalue weighted by molar-refractivity contribution is 5.64. The van der Waals surface area contributed by atoms with Crippen LogP contribution in [-0.4, -0.2) is 6.61 Å². The van der Waals surface area contributed by atoms with E-state index in [0.717, 1.165) is 30.6 Å². The molecule has 2 aromatic carbocycles. The number of hydrogen-bond acceptors (Lipinski definition) is 1. The Morgan fingerprint density at radius 3 is 1.93 bits per heavy atom. The molecule has 0 unspecified atom stereocenters. The Bertz CT molecular complexity index is 648. The summed E-state index contributed by atoms with van der Waals surface area (Å²) in [5.41, 5.74) is 4.11. The molecule has 1 aliphatic carbocycles. The molecule has 0 N–H and O–H groups in total. The standard InChI is InChI=1S/C26H36O/c1-3-5-7-21-8-10-22(11-9-21)23-12-14-24(15-13-23)25-16-18-26(19-17-25)27-20-6-4-2/h12-19,21-22H,3-11,20H2,1-2H3. The maximum atomic E-state index is 5.77. The Labute approximate surface area is 166 Å². The lowest BCUT2D eigenvalue weighted by atomic mass is 9.77. The Hall–Kier alpha value is -1.76. The van der Waals surface area contributed by atoms with Crippen molar-refractivity contribution in [2.24, 2.45) is 5.92 Å². The van der Waals surface area contributed by atoms with Gasteiger partial charge in [-0.2, -0.15) is 0 Å². The van der Waals surface area contributed by atoms with Crippen molar-refractivity contribution in [3.05, 3.63) is 54.1 Å². The predicted molar refractivity (Wildman–Crippen MR) is 117 cm³/mol. The third-order valence-electron chi connectivity index (χ3n) is 6.15. The first-order valence-corrected chi connectivity index (χ1v) is 11.1. The van der Waals surface area contributed by atoms with Gasteiger partial charge in [0.25, 0.3) is 0 Å². The summed E-state index contributed by atoms with van der Waals surface area (Å²) in [6.07, 6.45) is 12.1. The monoisotopic (exact) mass is 364 g/mol. The molecule has 3 rings (SSSR count). The lowest BCUT2D eigenvalue weighted by Gasteiger charge is -2.29.